The van der Waals surface area contributed by atoms with E-state index in [1.807, 2.05) is 0 Å². The SMILES string of the molecule is NC(=O)c1cccc(C(F)(F)F)c1N1CCNCC1. The highest BCUT2D eigenvalue weighted by Gasteiger charge is 2.36. The zero-order valence-corrected chi connectivity index (χ0v) is 10.1. The van der Waals surface area contributed by atoms with Gasteiger partial charge in [0.1, 0.15) is 0 Å². The van der Waals surface area contributed by atoms with Gasteiger partial charge in [0.25, 0.3) is 5.91 Å². The van der Waals surface area contributed by atoms with Crippen LogP contribution in [0.5, 0.6) is 0 Å². The fourth-order valence-corrected chi connectivity index (χ4v) is 2.20. The second-order valence-electron chi connectivity index (χ2n) is 4.30. The molecule has 1 aliphatic rings. The van der Waals surface area contributed by atoms with Gasteiger partial charge in [-0.1, -0.05) is 6.07 Å². The van der Waals surface area contributed by atoms with Crippen molar-refractivity contribution in [1.29, 1.82) is 0 Å². The minimum absolute atomic E-state index is 0.0864. The quantitative estimate of drug-likeness (QED) is 0.851. The molecule has 7 heteroatoms. The van der Waals surface area contributed by atoms with Crippen molar-refractivity contribution < 1.29 is 18.0 Å². The highest BCUT2D eigenvalue weighted by Crippen LogP contribution is 2.38. The monoisotopic (exact) mass is 273 g/mol. The number of carbonyl (C=O) groups is 1. The van der Waals surface area contributed by atoms with E-state index < -0.39 is 17.6 Å². The van der Waals surface area contributed by atoms with E-state index in [0.717, 1.165) is 6.07 Å². The predicted molar refractivity (Wildman–Crippen MR) is 65.0 cm³/mol. The third kappa shape index (κ3) is 2.81. The fraction of sp³-hybridized carbons (Fsp3) is 0.417. The Bertz CT molecular complexity index is 482. The summed E-state index contributed by atoms with van der Waals surface area (Å²) < 4.78 is 39.2. The Kier molecular flexibility index (Phi) is 3.66. The van der Waals surface area contributed by atoms with Crippen LogP contribution in [0.15, 0.2) is 18.2 Å². The van der Waals surface area contributed by atoms with Crippen LogP contribution in [0.2, 0.25) is 0 Å². The van der Waals surface area contributed by atoms with Gasteiger partial charge in [-0.05, 0) is 12.1 Å². The molecule has 104 valence electrons. The second-order valence-corrected chi connectivity index (χ2v) is 4.30. The molecule has 1 aromatic carbocycles. The highest BCUT2D eigenvalue weighted by molar-refractivity contribution is 5.99. The van der Waals surface area contributed by atoms with E-state index in [-0.39, 0.29) is 11.3 Å². The number of carbonyl (C=O) groups excluding carboxylic acids is 1. The molecule has 0 radical (unpaired) electrons. The lowest BCUT2D eigenvalue weighted by molar-refractivity contribution is -0.137. The molecule has 0 spiro atoms. The summed E-state index contributed by atoms with van der Waals surface area (Å²) in [6.07, 6.45) is -4.51. The Hall–Kier alpha value is -1.76. The highest BCUT2D eigenvalue weighted by atomic mass is 19.4. The number of rotatable bonds is 2. The number of nitrogens with zero attached hydrogens (tertiary/aromatic N) is 1. The predicted octanol–water partition coefficient (Wildman–Crippen LogP) is 1.21. The van der Waals surface area contributed by atoms with Crippen LogP contribution >= 0.6 is 0 Å². The Labute approximate surface area is 108 Å². The van der Waals surface area contributed by atoms with E-state index in [1.54, 1.807) is 4.90 Å². The number of hydrogen-bond donors (Lipinski definition) is 2. The average Bonchev–Trinajstić information content (AvgIpc) is 2.37. The van der Waals surface area contributed by atoms with Gasteiger partial charge in [-0.3, -0.25) is 4.79 Å². The summed E-state index contributed by atoms with van der Waals surface area (Å²) in [5.41, 5.74) is 4.18. The summed E-state index contributed by atoms with van der Waals surface area (Å²) in [5, 5.41) is 3.05. The molecule has 1 amide bonds. The molecule has 0 bridgehead atoms. The van der Waals surface area contributed by atoms with Crippen LogP contribution in [0.3, 0.4) is 0 Å². The third-order valence-corrected chi connectivity index (χ3v) is 3.04. The summed E-state index contributed by atoms with van der Waals surface area (Å²) in [7, 11) is 0. The summed E-state index contributed by atoms with van der Waals surface area (Å²) in [6, 6.07) is 3.51. The Morgan fingerprint density at radius 3 is 2.42 bits per heavy atom. The van der Waals surface area contributed by atoms with Crippen LogP contribution in [0.4, 0.5) is 18.9 Å². The zero-order chi connectivity index (χ0) is 14.0. The van der Waals surface area contributed by atoms with E-state index in [0.29, 0.717) is 26.2 Å². The van der Waals surface area contributed by atoms with E-state index in [4.69, 9.17) is 5.73 Å². The van der Waals surface area contributed by atoms with Crippen molar-refractivity contribution in [3.05, 3.63) is 29.3 Å². The van der Waals surface area contributed by atoms with E-state index in [9.17, 15) is 18.0 Å². The average molecular weight is 273 g/mol. The Morgan fingerprint density at radius 1 is 1.26 bits per heavy atom. The lowest BCUT2D eigenvalue weighted by atomic mass is 10.0. The van der Waals surface area contributed by atoms with Gasteiger partial charge in [0.2, 0.25) is 0 Å². The number of nitrogens with two attached hydrogens (primary N) is 1. The summed E-state index contributed by atoms with van der Waals surface area (Å²) >= 11 is 0. The van der Waals surface area contributed by atoms with Crippen LogP contribution in [-0.4, -0.2) is 32.1 Å². The van der Waals surface area contributed by atoms with Gasteiger partial charge in [0, 0.05) is 26.2 Å². The first-order valence-corrected chi connectivity index (χ1v) is 5.87. The molecule has 19 heavy (non-hydrogen) atoms. The molecule has 1 saturated heterocycles. The van der Waals surface area contributed by atoms with Crippen molar-refractivity contribution in [2.45, 2.75) is 6.18 Å². The number of anilines is 1. The van der Waals surface area contributed by atoms with Gasteiger partial charge < -0.3 is 16.0 Å². The lowest BCUT2D eigenvalue weighted by Crippen LogP contribution is -2.45. The van der Waals surface area contributed by atoms with Crippen LogP contribution in [-0.2, 0) is 6.18 Å². The van der Waals surface area contributed by atoms with Gasteiger partial charge >= 0.3 is 6.18 Å². The molecule has 1 fully saturated rings. The van der Waals surface area contributed by atoms with Gasteiger partial charge in [-0.2, -0.15) is 13.2 Å². The smallest absolute Gasteiger partial charge is 0.368 e. The third-order valence-electron chi connectivity index (χ3n) is 3.04. The van der Waals surface area contributed by atoms with Crippen molar-refractivity contribution in [3.63, 3.8) is 0 Å². The maximum Gasteiger partial charge on any atom is 0.418 e. The van der Waals surface area contributed by atoms with Gasteiger partial charge in [-0.25, -0.2) is 0 Å². The molecule has 0 aliphatic carbocycles. The largest absolute Gasteiger partial charge is 0.418 e. The molecule has 1 aliphatic heterocycles. The van der Waals surface area contributed by atoms with Gasteiger partial charge in [0.15, 0.2) is 0 Å². The summed E-state index contributed by atoms with van der Waals surface area (Å²) in [4.78, 5) is 12.9. The minimum Gasteiger partial charge on any atom is -0.368 e. The van der Waals surface area contributed by atoms with Crippen molar-refractivity contribution in [3.8, 4) is 0 Å². The minimum atomic E-state index is -4.51. The molecule has 0 aromatic heterocycles. The normalized spacial score (nSPS) is 16.5. The molecule has 0 atom stereocenters. The van der Waals surface area contributed by atoms with E-state index in [1.165, 1.54) is 12.1 Å². The number of piperazine rings is 1. The van der Waals surface area contributed by atoms with E-state index in [2.05, 4.69) is 5.32 Å². The van der Waals surface area contributed by atoms with Crippen molar-refractivity contribution >= 4 is 11.6 Å². The number of nitrogens with one attached hydrogen (secondary N) is 1. The topological polar surface area (TPSA) is 58.4 Å². The maximum atomic E-state index is 13.1. The molecule has 1 aromatic rings. The standard InChI is InChI=1S/C12H14F3N3O/c13-12(14,15)9-3-1-2-8(11(16)19)10(9)18-6-4-17-5-7-18/h1-3,17H,4-7H2,(H2,16,19). The summed E-state index contributed by atoms with van der Waals surface area (Å²) in [6.45, 7) is 1.97. The molecule has 0 unspecified atom stereocenters. The first-order chi connectivity index (χ1) is 8.91. The molecule has 0 saturated carbocycles. The molecule has 2 rings (SSSR count). The lowest BCUT2D eigenvalue weighted by Gasteiger charge is -2.32. The number of primary amides is 1. The molecular formula is C12H14F3N3O. The van der Waals surface area contributed by atoms with Crippen molar-refractivity contribution in [1.82, 2.24) is 5.32 Å². The molecular weight excluding hydrogens is 259 g/mol. The number of hydrogen-bond acceptors (Lipinski definition) is 3. The Morgan fingerprint density at radius 2 is 1.89 bits per heavy atom. The number of halogens is 3. The number of para-hydroxylation sites is 1. The molecule has 1 heterocycles. The zero-order valence-electron chi connectivity index (χ0n) is 10.1. The number of alkyl halides is 3. The van der Waals surface area contributed by atoms with Crippen LogP contribution in [0.25, 0.3) is 0 Å². The fourth-order valence-electron chi connectivity index (χ4n) is 2.20. The number of amides is 1. The summed E-state index contributed by atoms with van der Waals surface area (Å²) in [5.74, 6) is -0.848. The van der Waals surface area contributed by atoms with Gasteiger partial charge in [0.05, 0.1) is 16.8 Å². The van der Waals surface area contributed by atoms with Crippen LogP contribution < -0.4 is 16.0 Å². The van der Waals surface area contributed by atoms with Gasteiger partial charge in [-0.15, -0.1) is 0 Å². The van der Waals surface area contributed by atoms with Crippen molar-refractivity contribution in [2.75, 3.05) is 31.1 Å². The van der Waals surface area contributed by atoms with E-state index >= 15 is 0 Å². The maximum absolute atomic E-state index is 13.1. The molecule has 3 N–H and O–H groups in total. The number of benzene rings is 1. The van der Waals surface area contributed by atoms with Crippen molar-refractivity contribution in [2.24, 2.45) is 5.73 Å². The Balaban J connectivity index is 2.55. The first-order valence-electron chi connectivity index (χ1n) is 5.87. The van der Waals surface area contributed by atoms with Crippen LogP contribution in [0.1, 0.15) is 15.9 Å². The molecule has 4 nitrogen and oxygen atoms in total. The van der Waals surface area contributed by atoms with Crippen LogP contribution in [0, 0.1) is 0 Å². The second kappa shape index (κ2) is 5.08. The first kappa shape index (κ1) is 13.7.